The van der Waals surface area contributed by atoms with E-state index in [0.717, 1.165) is 17.5 Å². The van der Waals surface area contributed by atoms with Crippen LogP contribution in [0.5, 0.6) is 0 Å². The maximum atomic E-state index is 13.0. The van der Waals surface area contributed by atoms with Gasteiger partial charge in [0, 0.05) is 29.7 Å². The summed E-state index contributed by atoms with van der Waals surface area (Å²) in [6, 6.07) is 5.96. The van der Waals surface area contributed by atoms with Gasteiger partial charge in [-0.15, -0.1) is 0 Å². The van der Waals surface area contributed by atoms with Crippen LogP contribution in [0.15, 0.2) is 30.5 Å². The molecule has 37 heavy (non-hydrogen) atoms. The average Bonchev–Trinajstić information content (AvgIpc) is 2.76. The number of nitrogen functional groups attached to an aromatic ring is 2. The molecule has 5 N–H and O–H groups in total. The second-order valence-electron chi connectivity index (χ2n) is 10.8. The summed E-state index contributed by atoms with van der Waals surface area (Å²) >= 11 is 0. The molecule has 0 fully saturated rings. The Morgan fingerprint density at radius 1 is 0.973 bits per heavy atom. The Morgan fingerprint density at radius 2 is 1.57 bits per heavy atom. The van der Waals surface area contributed by atoms with Gasteiger partial charge in [0.25, 0.3) is 5.91 Å². The van der Waals surface area contributed by atoms with E-state index in [1.807, 2.05) is 19.1 Å². The molecule has 202 valence electrons. The van der Waals surface area contributed by atoms with E-state index in [0.29, 0.717) is 11.4 Å². The van der Waals surface area contributed by atoms with Gasteiger partial charge in [0.2, 0.25) is 5.95 Å². The molecule has 1 aromatic heterocycles. The van der Waals surface area contributed by atoms with Crippen LogP contribution in [0.4, 0.5) is 11.8 Å². The zero-order valence-electron chi connectivity index (χ0n) is 22.8. The highest BCUT2D eigenvalue weighted by Crippen LogP contribution is 2.31. The smallest absolute Gasteiger partial charge is 0.329 e. The predicted molar refractivity (Wildman–Crippen MR) is 142 cm³/mol. The van der Waals surface area contributed by atoms with Crippen molar-refractivity contribution in [3.05, 3.63) is 47.2 Å². The van der Waals surface area contributed by atoms with Crippen molar-refractivity contribution in [2.24, 2.45) is 0 Å². The molecule has 2 rings (SSSR count). The maximum absolute atomic E-state index is 13.0. The summed E-state index contributed by atoms with van der Waals surface area (Å²) in [5.74, 6) is -1.21. The number of esters is 2. The van der Waals surface area contributed by atoms with Crippen molar-refractivity contribution in [3.8, 4) is 0 Å². The molecule has 0 aliphatic carbocycles. The first-order valence-electron chi connectivity index (χ1n) is 12.3. The normalized spacial score (nSPS) is 13.4. The van der Waals surface area contributed by atoms with Gasteiger partial charge in [0.1, 0.15) is 23.1 Å². The molecule has 0 saturated carbocycles. The summed E-state index contributed by atoms with van der Waals surface area (Å²) in [4.78, 5) is 46.1. The van der Waals surface area contributed by atoms with Gasteiger partial charge in [-0.05, 0) is 72.1 Å². The Bertz CT molecular complexity index is 1100. The lowest BCUT2D eigenvalue weighted by Gasteiger charge is -2.25. The Kier molecular flexibility index (Phi) is 9.61. The second-order valence-corrected chi connectivity index (χ2v) is 10.8. The number of hydrogen-bond donors (Lipinski definition) is 3. The van der Waals surface area contributed by atoms with Gasteiger partial charge < -0.3 is 26.3 Å². The molecule has 0 spiro atoms. The lowest BCUT2D eigenvalue weighted by atomic mass is 9.89. The van der Waals surface area contributed by atoms with Gasteiger partial charge in [-0.25, -0.2) is 9.78 Å². The van der Waals surface area contributed by atoms with Gasteiger partial charge in [0.15, 0.2) is 0 Å². The molecule has 0 radical (unpaired) electrons. The summed E-state index contributed by atoms with van der Waals surface area (Å²) in [6.07, 6.45) is 2.34. The third kappa shape index (κ3) is 9.36. The van der Waals surface area contributed by atoms with Crippen molar-refractivity contribution in [2.45, 2.75) is 90.9 Å². The van der Waals surface area contributed by atoms with Crippen LogP contribution >= 0.6 is 0 Å². The molecular weight excluding hydrogens is 474 g/mol. The molecule has 10 nitrogen and oxygen atoms in total. The Morgan fingerprint density at radius 3 is 2.08 bits per heavy atom. The summed E-state index contributed by atoms with van der Waals surface area (Å²) in [5, 5.41) is 2.71. The van der Waals surface area contributed by atoms with Gasteiger partial charge in [-0.1, -0.05) is 19.1 Å². The molecule has 10 heteroatoms. The molecule has 2 aromatic rings. The summed E-state index contributed by atoms with van der Waals surface area (Å²) in [7, 11) is 0. The van der Waals surface area contributed by atoms with E-state index in [-0.39, 0.29) is 24.7 Å². The van der Waals surface area contributed by atoms with Crippen molar-refractivity contribution in [2.75, 3.05) is 11.5 Å². The highest BCUT2D eigenvalue weighted by molar-refractivity contribution is 5.97. The van der Waals surface area contributed by atoms with Crippen LogP contribution in [0.25, 0.3) is 0 Å². The van der Waals surface area contributed by atoms with Crippen LogP contribution in [0.1, 0.15) is 95.1 Å². The van der Waals surface area contributed by atoms with E-state index in [1.165, 1.54) is 0 Å². The van der Waals surface area contributed by atoms with Crippen molar-refractivity contribution in [1.82, 2.24) is 15.3 Å². The van der Waals surface area contributed by atoms with E-state index in [2.05, 4.69) is 15.3 Å². The molecule has 1 aromatic carbocycles. The number of carbonyl (C=O) groups is 3. The molecule has 0 saturated heterocycles. The topological polar surface area (TPSA) is 160 Å². The minimum atomic E-state index is -1.02. The number of nitrogens with one attached hydrogen (secondary N) is 1. The summed E-state index contributed by atoms with van der Waals surface area (Å²) < 4.78 is 10.8. The summed E-state index contributed by atoms with van der Waals surface area (Å²) in [6.45, 7) is 12.5. The van der Waals surface area contributed by atoms with Crippen LogP contribution in [-0.2, 0) is 19.1 Å². The number of ether oxygens (including phenoxy) is 2. The zero-order chi connectivity index (χ0) is 28.0. The number of hydrogen-bond acceptors (Lipinski definition) is 9. The van der Waals surface area contributed by atoms with Crippen molar-refractivity contribution in [3.63, 3.8) is 0 Å². The van der Waals surface area contributed by atoms with Crippen LogP contribution in [-0.4, -0.2) is 45.1 Å². The van der Waals surface area contributed by atoms with Gasteiger partial charge >= 0.3 is 11.9 Å². The first kappa shape index (κ1) is 29.5. The second kappa shape index (κ2) is 12.0. The molecule has 0 bridgehead atoms. The average molecular weight is 514 g/mol. The van der Waals surface area contributed by atoms with E-state index in [1.54, 1.807) is 59.9 Å². The van der Waals surface area contributed by atoms with Crippen LogP contribution < -0.4 is 16.8 Å². The predicted octanol–water partition coefficient (Wildman–Crippen LogP) is 3.74. The number of nitrogens with two attached hydrogens (primary N) is 2. The monoisotopic (exact) mass is 513 g/mol. The Hall–Kier alpha value is -3.69. The van der Waals surface area contributed by atoms with Gasteiger partial charge in [-0.3, -0.25) is 9.59 Å². The molecule has 2 atom stereocenters. The van der Waals surface area contributed by atoms with Crippen molar-refractivity contribution in [1.29, 1.82) is 0 Å². The first-order chi connectivity index (χ1) is 17.1. The number of nitrogens with zero attached hydrogens (tertiary/aromatic N) is 2. The Labute approximate surface area is 218 Å². The molecule has 1 unspecified atom stereocenters. The molecule has 1 amide bonds. The van der Waals surface area contributed by atoms with Gasteiger partial charge in [-0.2, -0.15) is 4.98 Å². The third-order valence-corrected chi connectivity index (χ3v) is 5.28. The lowest BCUT2D eigenvalue weighted by molar-refractivity contribution is -0.158. The Balaban J connectivity index is 2.18. The lowest BCUT2D eigenvalue weighted by Crippen LogP contribution is -2.44. The number of amides is 1. The van der Waals surface area contributed by atoms with Crippen molar-refractivity contribution >= 4 is 29.6 Å². The fourth-order valence-corrected chi connectivity index (χ4v) is 3.71. The number of aromatic nitrogens is 2. The molecule has 1 heterocycles. The number of benzene rings is 1. The fraction of sp³-hybridized carbons (Fsp3) is 0.519. The number of anilines is 2. The first-order valence-corrected chi connectivity index (χ1v) is 12.3. The van der Waals surface area contributed by atoms with Crippen molar-refractivity contribution < 1.29 is 23.9 Å². The van der Waals surface area contributed by atoms with Crippen LogP contribution in [0.3, 0.4) is 0 Å². The van der Waals surface area contributed by atoms with E-state index < -0.39 is 35.1 Å². The summed E-state index contributed by atoms with van der Waals surface area (Å²) in [5.41, 5.74) is 12.3. The van der Waals surface area contributed by atoms with Gasteiger partial charge in [0.05, 0.1) is 0 Å². The van der Waals surface area contributed by atoms with E-state index in [9.17, 15) is 14.4 Å². The van der Waals surface area contributed by atoms with E-state index in [4.69, 9.17) is 20.9 Å². The number of carbonyl (C=O) groups excluding carboxylic acids is 3. The quantitative estimate of drug-likeness (QED) is 0.424. The van der Waals surface area contributed by atoms with E-state index >= 15 is 0 Å². The zero-order valence-corrected chi connectivity index (χ0v) is 22.8. The SMILES string of the molecule is CCC(c1ccc(C(=O)N[C@@H](CCC(=O)OC(C)(C)C)C(=O)OC(C)(C)C)cc1)c1cnc(N)nc1N. The molecular formula is C27H39N5O5. The minimum Gasteiger partial charge on any atom is -0.460 e. The fourth-order valence-electron chi connectivity index (χ4n) is 3.71. The molecule has 0 aliphatic heterocycles. The van der Waals surface area contributed by atoms with Crippen LogP contribution in [0.2, 0.25) is 0 Å². The highest BCUT2D eigenvalue weighted by atomic mass is 16.6. The molecule has 0 aliphatic rings. The largest absolute Gasteiger partial charge is 0.460 e. The maximum Gasteiger partial charge on any atom is 0.329 e. The van der Waals surface area contributed by atoms with Crippen LogP contribution in [0, 0.1) is 0 Å². The number of rotatable bonds is 9. The third-order valence-electron chi connectivity index (χ3n) is 5.28. The standard InChI is InChI=1S/C27H39N5O5/c1-8-18(19-15-30-25(29)32-22(19)28)16-9-11-17(12-10-16)23(34)31-20(24(35)37-27(5,6)7)13-14-21(33)36-26(2,3)4/h9-12,15,18,20H,8,13-14H2,1-7H3,(H,31,34)(H4,28,29,30,32)/t18?,20-/m0/s1. The minimum absolute atomic E-state index is 0.0436. The highest BCUT2D eigenvalue weighted by Gasteiger charge is 2.29.